The molecule has 0 saturated carbocycles. The molecule has 1 aromatic carbocycles. The number of benzene rings is 1. The fourth-order valence-electron chi connectivity index (χ4n) is 1.46. The van der Waals surface area contributed by atoms with Crippen LogP contribution in [-0.2, 0) is 16.1 Å². The van der Waals surface area contributed by atoms with Crippen molar-refractivity contribution in [2.45, 2.75) is 6.54 Å². The molecule has 0 spiro atoms. The fourth-order valence-corrected chi connectivity index (χ4v) is 1.58. The van der Waals surface area contributed by atoms with Crippen molar-refractivity contribution in [2.75, 3.05) is 27.2 Å². The summed E-state index contributed by atoms with van der Waals surface area (Å²) in [6, 6.07) is 7.34. The molecule has 1 rings (SSSR count). The largest absolute Gasteiger partial charge is 0.358 e. The first-order valence-electron chi connectivity index (χ1n) is 5.92. The molecular weight excluding hydrogens is 266 g/mol. The summed E-state index contributed by atoms with van der Waals surface area (Å²) in [5.74, 6) is -0.216. The molecule has 0 bridgehead atoms. The lowest BCUT2D eigenvalue weighted by molar-refractivity contribution is -0.129. The number of halogens is 1. The normalized spacial score (nSPS) is 10.1. The van der Waals surface area contributed by atoms with Gasteiger partial charge < -0.3 is 10.2 Å². The van der Waals surface area contributed by atoms with Gasteiger partial charge in [0, 0.05) is 25.7 Å². The Morgan fingerprint density at radius 1 is 1.21 bits per heavy atom. The van der Waals surface area contributed by atoms with Crippen LogP contribution in [0.25, 0.3) is 0 Å². The monoisotopic (exact) mass is 283 g/mol. The number of carbonyl (C=O) groups excluding carboxylic acids is 2. The molecule has 6 heteroatoms. The van der Waals surface area contributed by atoms with E-state index in [-0.39, 0.29) is 24.9 Å². The molecule has 19 heavy (non-hydrogen) atoms. The van der Waals surface area contributed by atoms with E-state index >= 15 is 0 Å². The molecule has 0 heterocycles. The van der Waals surface area contributed by atoms with Gasteiger partial charge in [-0.3, -0.25) is 14.9 Å². The molecule has 0 radical (unpaired) electrons. The molecular formula is C13H18ClN3O2. The van der Waals surface area contributed by atoms with Crippen LogP contribution in [-0.4, -0.2) is 43.9 Å². The van der Waals surface area contributed by atoms with Crippen LogP contribution in [0.15, 0.2) is 24.3 Å². The molecule has 0 aliphatic heterocycles. The van der Waals surface area contributed by atoms with Gasteiger partial charge in [0.15, 0.2) is 0 Å². The number of amides is 2. The minimum Gasteiger partial charge on any atom is -0.358 e. The SMILES string of the molecule is CNC(=O)CNCC(=O)N(C)Cc1ccc(Cl)cc1. The van der Waals surface area contributed by atoms with Crippen LogP contribution in [0.3, 0.4) is 0 Å². The van der Waals surface area contributed by atoms with Crippen molar-refractivity contribution in [1.29, 1.82) is 0 Å². The highest BCUT2D eigenvalue weighted by Crippen LogP contribution is 2.10. The van der Waals surface area contributed by atoms with Crippen LogP contribution >= 0.6 is 11.6 Å². The lowest BCUT2D eigenvalue weighted by atomic mass is 10.2. The van der Waals surface area contributed by atoms with Gasteiger partial charge >= 0.3 is 0 Å². The topological polar surface area (TPSA) is 61.4 Å². The Hall–Kier alpha value is -1.59. The summed E-state index contributed by atoms with van der Waals surface area (Å²) >= 11 is 5.79. The highest BCUT2D eigenvalue weighted by atomic mass is 35.5. The van der Waals surface area contributed by atoms with E-state index in [9.17, 15) is 9.59 Å². The molecule has 2 amide bonds. The lowest BCUT2D eigenvalue weighted by Gasteiger charge is -2.17. The molecule has 0 atom stereocenters. The number of hydrogen-bond acceptors (Lipinski definition) is 3. The minimum atomic E-state index is -0.145. The van der Waals surface area contributed by atoms with E-state index in [1.807, 2.05) is 12.1 Å². The molecule has 0 fully saturated rings. The average molecular weight is 284 g/mol. The lowest BCUT2D eigenvalue weighted by Crippen LogP contribution is -2.39. The van der Waals surface area contributed by atoms with Crippen molar-refractivity contribution in [3.8, 4) is 0 Å². The maximum atomic E-state index is 11.8. The van der Waals surface area contributed by atoms with Crippen LogP contribution in [0.4, 0.5) is 0 Å². The van der Waals surface area contributed by atoms with Crippen molar-refractivity contribution >= 4 is 23.4 Å². The number of hydrogen-bond donors (Lipinski definition) is 2. The molecule has 2 N–H and O–H groups in total. The van der Waals surface area contributed by atoms with Gasteiger partial charge in [-0.05, 0) is 17.7 Å². The summed E-state index contributed by atoms with van der Waals surface area (Å²) in [6.07, 6.45) is 0. The van der Waals surface area contributed by atoms with Gasteiger partial charge in [-0.15, -0.1) is 0 Å². The standard InChI is InChI=1S/C13H18ClN3O2/c1-15-12(18)7-16-8-13(19)17(2)9-10-3-5-11(14)6-4-10/h3-6,16H,7-9H2,1-2H3,(H,15,18). The molecule has 104 valence electrons. The van der Waals surface area contributed by atoms with E-state index in [0.29, 0.717) is 11.6 Å². The van der Waals surface area contributed by atoms with Crippen molar-refractivity contribution in [2.24, 2.45) is 0 Å². The van der Waals surface area contributed by atoms with E-state index in [1.165, 1.54) is 0 Å². The van der Waals surface area contributed by atoms with E-state index < -0.39 is 0 Å². The van der Waals surface area contributed by atoms with Crippen LogP contribution in [0, 0.1) is 0 Å². The average Bonchev–Trinajstić information content (AvgIpc) is 2.40. The minimum absolute atomic E-state index is 0.0705. The fraction of sp³-hybridized carbons (Fsp3) is 0.385. The highest BCUT2D eigenvalue weighted by Gasteiger charge is 2.09. The van der Waals surface area contributed by atoms with Gasteiger partial charge in [-0.1, -0.05) is 23.7 Å². The van der Waals surface area contributed by atoms with Crippen LogP contribution in [0.1, 0.15) is 5.56 Å². The third-order valence-corrected chi connectivity index (χ3v) is 2.85. The zero-order valence-electron chi connectivity index (χ0n) is 11.1. The maximum absolute atomic E-state index is 11.8. The first-order chi connectivity index (χ1) is 9.02. The van der Waals surface area contributed by atoms with E-state index in [1.54, 1.807) is 31.1 Å². The summed E-state index contributed by atoms with van der Waals surface area (Å²) < 4.78 is 0. The van der Waals surface area contributed by atoms with Gasteiger partial charge in [0.1, 0.15) is 0 Å². The summed E-state index contributed by atoms with van der Waals surface area (Å²) in [4.78, 5) is 24.4. The maximum Gasteiger partial charge on any atom is 0.236 e. The molecule has 5 nitrogen and oxygen atoms in total. The highest BCUT2D eigenvalue weighted by molar-refractivity contribution is 6.30. The smallest absolute Gasteiger partial charge is 0.236 e. The first-order valence-corrected chi connectivity index (χ1v) is 6.30. The quantitative estimate of drug-likeness (QED) is 0.805. The first kappa shape index (κ1) is 15.5. The Morgan fingerprint density at radius 3 is 2.42 bits per heavy atom. The number of rotatable bonds is 6. The number of carbonyl (C=O) groups is 2. The summed E-state index contributed by atoms with van der Waals surface area (Å²) in [5, 5.41) is 5.93. The van der Waals surface area contributed by atoms with Crippen LogP contribution < -0.4 is 10.6 Å². The molecule has 0 saturated heterocycles. The van der Waals surface area contributed by atoms with Crippen LogP contribution in [0.2, 0.25) is 5.02 Å². The number of nitrogens with zero attached hydrogens (tertiary/aromatic N) is 1. The molecule has 0 aliphatic carbocycles. The van der Waals surface area contributed by atoms with Crippen molar-refractivity contribution in [3.05, 3.63) is 34.9 Å². The zero-order valence-corrected chi connectivity index (χ0v) is 11.8. The van der Waals surface area contributed by atoms with Gasteiger partial charge in [0.05, 0.1) is 13.1 Å². The Labute approximate surface area is 117 Å². The molecule has 1 aromatic rings. The Balaban J connectivity index is 2.36. The van der Waals surface area contributed by atoms with Gasteiger partial charge in [-0.2, -0.15) is 0 Å². The van der Waals surface area contributed by atoms with Gasteiger partial charge in [0.25, 0.3) is 0 Å². The van der Waals surface area contributed by atoms with Crippen molar-refractivity contribution in [1.82, 2.24) is 15.5 Å². The van der Waals surface area contributed by atoms with E-state index in [0.717, 1.165) is 5.56 Å². The predicted molar refractivity (Wildman–Crippen MR) is 74.9 cm³/mol. The molecule has 0 aliphatic rings. The van der Waals surface area contributed by atoms with Gasteiger partial charge in [-0.25, -0.2) is 0 Å². The zero-order chi connectivity index (χ0) is 14.3. The number of nitrogens with one attached hydrogen (secondary N) is 2. The molecule has 0 unspecified atom stereocenters. The second kappa shape index (κ2) is 7.76. The Kier molecular flexibility index (Phi) is 6.32. The molecule has 0 aromatic heterocycles. The summed E-state index contributed by atoms with van der Waals surface area (Å²) in [7, 11) is 3.27. The second-order valence-electron chi connectivity index (χ2n) is 4.15. The number of likely N-dealkylation sites (N-methyl/N-ethyl adjacent to an activating group) is 2. The predicted octanol–water partition coefficient (Wildman–Crippen LogP) is 0.634. The van der Waals surface area contributed by atoms with E-state index in [4.69, 9.17) is 11.6 Å². The van der Waals surface area contributed by atoms with Gasteiger partial charge in [0.2, 0.25) is 11.8 Å². The summed E-state index contributed by atoms with van der Waals surface area (Å²) in [5.41, 5.74) is 1.01. The Morgan fingerprint density at radius 2 is 1.84 bits per heavy atom. The van der Waals surface area contributed by atoms with Crippen molar-refractivity contribution < 1.29 is 9.59 Å². The van der Waals surface area contributed by atoms with Crippen molar-refractivity contribution in [3.63, 3.8) is 0 Å². The second-order valence-corrected chi connectivity index (χ2v) is 4.59. The Bertz CT molecular complexity index is 434. The summed E-state index contributed by atoms with van der Waals surface area (Å²) in [6.45, 7) is 0.784. The van der Waals surface area contributed by atoms with E-state index in [2.05, 4.69) is 10.6 Å². The van der Waals surface area contributed by atoms with Crippen LogP contribution in [0.5, 0.6) is 0 Å². The third kappa shape index (κ3) is 5.72. The third-order valence-electron chi connectivity index (χ3n) is 2.60.